The Morgan fingerprint density at radius 1 is 0.636 bits per heavy atom. The van der Waals surface area contributed by atoms with Gasteiger partial charge in [-0.1, -0.05) is 30.7 Å². The van der Waals surface area contributed by atoms with Gasteiger partial charge in [0.2, 0.25) is 0 Å². The highest BCUT2D eigenvalue weighted by Crippen LogP contribution is 2.14. The van der Waals surface area contributed by atoms with Crippen molar-refractivity contribution in [3.05, 3.63) is 35.4 Å². The quantitative estimate of drug-likeness (QED) is 0.528. The molecule has 1 aromatic rings. The van der Waals surface area contributed by atoms with Gasteiger partial charge in [-0.15, -0.1) is 0 Å². The van der Waals surface area contributed by atoms with Crippen LogP contribution in [-0.4, -0.2) is 0 Å². The average molecular weight is 146 g/mol. The van der Waals surface area contributed by atoms with Crippen LogP contribution in [0.5, 0.6) is 0 Å². The molecule has 0 fully saturated rings. The molecule has 3 rings (SSSR count). The summed E-state index contributed by atoms with van der Waals surface area (Å²) < 4.78 is 0. The minimum absolute atomic E-state index is 1.28. The summed E-state index contributed by atoms with van der Waals surface area (Å²) in [7, 11) is 0. The van der Waals surface area contributed by atoms with Gasteiger partial charge in [0.05, 0.1) is 0 Å². The summed E-state index contributed by atoms with van der Waals surface area (Å²) in [6.45, 7) is 0. The van der Waals surface area contributed by atoms with Crippen LogP contribution in [0.15, 0.2) is 24.3 Å². The fraction of sp³-hybridized carbons (Fsp3) is 0.455. The van der Waals surface area contributed by atoms with Gasteiger partial charge in [0.15, 0.2) is 0 Å². The van der Waals surface area contributed by atoms with Crippen molar-refractivity contribution >= 4 is 0 Å². The molecule has 2 bridgehead atoms. The third-order valence-corrected chi connectivity index (χ3v) is 2.45. The second kappa shape index (κ2) is 3.08. The van der Waals surface area contributed by atoms with Crippen LogP contribution >= 0.6 is 0 Å². The molecule has 0 aromatic heterocycles. The number of hydrogen-bond acceptors (Lipinski definition) is 0. The molecular weight excluding hydrogens is 132 g/mol. The maximum absolute atomic E-state index is 2.28. The Labute approximate surface area is 68.3 Å². The van der Waals surface area contributed by atoms with Gasteiger partial charge in [-0.2, -0.15) is 0 Å². The van der Waals surface area contributed by atoms with Crippen LogP contribution in [0.3, 0.4) is 0 Å². The lowest BCUT2D eigenvalue weighted by Gasteiger charge is -1.97. The Hall–Kier alpha value is -0.780. The van der Waals surface area contributed by atoms with Gasteiger partial charge in [0, 0.05) is 0 Å². The van der Waals surface area contributed by atoms with Crippen molar-refractivity contribution < 1.29 is 0 Å². The number of rotatable bonds is 0. The second-order valence-electron chi connectivity index (χ2n) is 3.38. The van der Waals surface area contributed by atoms with Gasteiger partial charge < -0.3 is 0 Å². The average Bonchev–Trinajstić information content (AvgIpc) is 2.21. The van der Waals surface area contributed by atoms with E-state index in [1.165, 1.54) is 43.2 Å². The first-order valence-electron chi connectivity index (χ1n) is 4.53. The van der Waals surface area contributed by atoms with Crippen LogP contribution in [0.4, 0.5) is 0 Å². The molecule has 0 atom stereocenters. The minimum atomic E-state index is 1.28. The molecule has 0 saturated carbocycles. The fourth-order valence-corrected chi connectivity index (χ4v) is 1.71. The van der Waals surface area contributed by atoms with Crippen LogP contribution < -0.4 is 0 Å². The molecule has 0 amide bonds. The smallest absolute Gasteiger partial charge is 0.0279 e. The summed E-state index contributed by atoms with van der Waals surface area (Å²) in [5, 5.41) is 0. The van der Waals surface area contributed by atoms with Crippen LogP contribution in [0.1, 0.15) is 30.4 Å². The molecule has 1 aromatic carbocycles. The Morgan fingerprint density at radius 2 is 1.09 bits per heavy atom. The zero-order valence-corrected chi connectivity index (χ0v) is 6.84. The standard InChI is InChI=1S/C11H14/c1-2-4-10-6-8-11(5-3-1)9-7-10/h6-9H,1-5H2. The van der Waals surface area contributed by atoms with E-state index >= 15 is 0 Å². The van der Waals surface area contributed by atoms with Crippen LogP contribution in [0.25, 0.3) is 0 Å². The Balaban J connectivity index is 2.28. The lowest BCUT2D eigenvalue weighted by Crippen LogP contribution is -1.81. The molecule has 0 heterocycles. The Morgan fingerprint density at radius 3 is 1.55 bits per heavy atom. The van der Waals surface area contributed by atoms with E-state index in [0.717, 1.165) is 0 Å². The maximum Gasteiger partial charge on any atom is -0.0279 e. The van der Waals surface area contributed by atoms with E-state index in [1.54, 1.807) is 0 Å². The van der Waals surface area contributed by atoms with Crippen molar-refractivity contribution in [1.82, 2.24) is 0 Å². The highest BCUT2D eigenvalue weighted by molar-refractivity contribution is 5.23. The van der Waals surface area contributed by atoms with Crippen molar-refractivity contribution in [3.63, 3.8) is 0 Å². The van der Waals surface area contributed by atoms with E-state index in [4.69, 9.17) is 0 Å². The molecule has 0 saturated heterocycles. The molecule has 2 aliphatic carbocycles. The number of aryl methyl sites for hydroxylation is 2. The first kappa shape index (κ1) is 6.90. The van der Waals surface area contributed by atoms with Crippen LogP contribution in [0.2, 0.25) is 0 Å². The van der Waals surface area contributed by atoms with E-state index in [-0.39, 0.29) is 0 Å². The van der Waals surface area contributed by atoms with Crippen molar-refractivity contribution in [1.29, 1.82) is 0 Å². The van der Waals surface area contributed by atoms with Gasteiger partial charge >= 0.3 is 0 Å². The highest BCUT2D eigenvalue weighted by Gasteiger charge is 1.99. The number of benzene rings is 1. The molecule has 2 aliphatic rings. The predicted molar refractivity (Wildman–Crippen MR) is 47.7 cm³/mol. The molecule has 0 unspecified atom stereocenters. The SMILES string of the molecule is c1cc2ccc1CCCCC2. The third-order valence-electron chi connectivity index (χ3n) is 2.45. The van der Waals surface area contributed by atoms with Gasteiger partial charge in [-0.25, -0.2) is 0 Å². The van der Waals surface area contributed by atoms with Crippen molar-refractivity contribution in [2.24, 2.45) is 0 Å². The third kappa shape index (κ3) is 1.62. The summed E-state index contributed by atoms with van der Waals surface area (Å²) in [4.78, 5) is 0. The van der Waals surface area contributed by atoms with E-state index in [9.17, 15) is 0 Å². The molecule has 0 aliphatic heterocycles. The first-order valence-corrected chi connectivity index (χ1v) is 4.53. The van der Waals surface area contributed by atoms with Gasteiger partial charge in [0.1, 0.15) is 0 Å². The second-order valence-corrected chi connectivity index (χ2v) is 3.38. The van der Waals surface area contributed by atoms with Crippen molar-refractivity contribution in [2.75, 3.05) is 0 Å². The number of hydrogen-bond donors (Lipinski definition) is 0. The Kier molecular flexibility index (Phi) is 1.93. The van der Waals surface area contributed by atoms with Gasteiger partial charge in [-0.3, -0.25) is 0 Å². The molecule has 0 N–H and O–H groups in total. The molecule has 0 spiro atoms. The zero-order chi connectivity index (χ0) is 7.52. The van der Waals surface area contributed by atoms with Crippen LogP contribution in [-0.2, 0) is 12.8 Å². The zero-order valence-electron chi connectivity index (χ0n) is 6.84. The summed E-state index contributed by atoms with van der Waals surface area (Å²) in [6, 6.07) is 9.11. The lowest BCUT2D eigenvalue weighted by atomic mass is 10.1. The summed E-state index contributed by atoms with van der Waals surface area (Å²) >= 11 is 0. The molecule has 11 heavy (non-hydrogen) atoms. The molecule has 0 radical (unpaired) electrons. The normalized spacial score (nSPS) is 17.1. The van der Waals surface area contributed by atoms with Gasteiger partial charge in [-0.05, 0) is 36.8 Å². The van der Waals surface area contributed by atoms with Crippen molar-refractivity contribution in [3.8, 4) is 0 Å². The highest BCUT2D eigenvalue weighted by atomic mass is 14.0. The topological polar surface area (TPSA) is 0 Å². The van der Waals surface area contributed by atoms with Gasteiger partial charge in [0.25, 0.3) is 0 Å². The van der Waals surface area contributed by atoms with E-state index in [1.807, 2.05) is 0 Å². The van der Waals surface area contributed by atoms with E-state index in [2.05, 4.69) is 24.3 Å². The lowest BCUT2D eigenvalue weighted by molar-refractivity contribution is 0.686. The van der Waals surface area contributed by atoms with E-state index in [0.29, 0.717) is 0 Å². The van der Waals surface area contributed by atoms with Crippen LogP contribution in [0, 0.1) is 0 Å². The maximum atomic E-state index is 2.28. The Bertz CT molecular complexity index is 195. The molecule has 58 valence electrons. The monoisotopic (exact) mass is 146 g/mol. The summed E-state index contributed by atoms with van der Waals surface area (Å²) in [5.41, 5.74) is 3.02. The molecular formula is C11H14. The van der Waals surface area contributed by atoms with E-state index < -0.39 is 0 Å². The fourth-order valence-electron chi connectivity index (χ4n) is 1.71. The molecule has 0 nitrogen and oxygen atoms in total. The number of fused-ring (bicyclic) bond motifs is 6. The molecule has 0 heteroatoms. The first-order chi connectivity index (χ1) is 5.45. The van der Waals surface area contributed by atoms with Crippen molar-refractivity contribution in [2.45, 2.75) is 32.1 Å². The summed E-state index contributed by atoms with van der Waals surface area (Å²) in [5.74, 6) is 0. The summed E-state index contributed by atoms with van der Waals surface area (Å²) in [6.07, 6.45) is 6.70. The largest absolute Gasteiger partial charge is 0.0588 e. The predicted octanol–water partition coefficient (Wildman–Crippen LogP) is 2.96. The minimum Gasteiger partial charge on any atom is -0.0588 e.